The van der Waals surface area contributed by atoms with Crippen molar-refractivity contribution in [3.63, 3.8) is 0 Å². The average Bonchev–Trinajstić information content (AvgIpc) is 1.69. The maximum absolute atomic E-state index is 4.74. The maximum Gasteiger partial charge on any atom is 0.0863 e. The van der Waals surface area contributed by atoms with Crippen LogP contribution in [0.25, 0.3) is 0 Å². The molecule has 0 bridgehead atoms. The second-order valence-electron chi connectivity index (χ2n) is 1.08. The molecule has 0 fully saturated rings. The SMILES string of the molecule is C/C=C/CONC. The highest BCUT2D eigenvalue weighted by molar-refractivity contribution is 4.75. The van der Waals surface area contributed by atoms with Gasteiger partial charge in [-0.25, -0.2) is 5.48 Å². The first-order valence-corrected chi connectivity index (χ1v) is 2.31. The Morgan fingerprint density at radius 1 is 1.71 bits per heavy atom. The zero-order valence-electron chi connectivity index (χ0n) is 4.77. The van der Waals surface area contributed by atoms with Gasteiger partial charge in [-0.2, -0.15) is 0 Å². The maximum atomic E-state index is 4.74. The molecule has 0 aromatic rings. The van der Waals surface area contributed by atoms with Crippen molar-refractivity contribution in [2.45, 2.75) is 6.92 Å². The van der Waals surface area contributed by atoms with E-state index in [0.717, 1.165) is 0 Å². The van der Waals surface area contributed by atoms with Gasteiger partial charge in [-0.15, -0.1) is 0 Å². The highest BCUT2D eigenvalue weighted by atomic mass is 16.6. The van der Waals surface area contributed by atoms with Gasteiger partial charge in [-0.05, 0) is 6.92 Å². The highest BCUT2D eigenvalue weighted by Gasteiger charge is 1.68. The van der Waals surface area contributed by atoms with Crippen molar-refractivity contribution in [3.8, 4) is 0 Å². The van der Waals surface area contributed by atoms with Gasteiger partial charge in [0.05, 0.1) is 6.61 Å². The summed E-state index contributed by atoms with van der Waals surface area (Å²) < 4.78 is 0. The largest absolute Gasteiger partial charge is 0.298 e. The molecule has 2 heteroatoms. The molecule has 0 aliphatic carbocycles. The molecule has 0 atom stereocenters. The predicted octanol–water partition coefficient (Wildman–Crippen LogP) is 0.714. The monoisotopic (exact) mass is 101 g/mol. The van der Waals surface area contributed by atoms with Crippen LogP contribution in [-0.4, -0.2) is 13.7 Å². The molecule has 0 aliphatic heterocycles. The smallest absolute Gasteiger partial charge is 0.0863 e. The molecule has 0 aromatic heterocycles. The lowest BCUT2D eigenvalue weighted by Gasteiger charge is -1.91. The van der Waals surface area contributed by atoms with E-state index in [2.05, 4.69) is 5.48 Å². The van der Waals surface area contributed by atoms with Gasteiger partial charge in [0.25, 0.3) is 0 Å². The van der Waals surface area contributed by atoms with Crippen LogP contribution in [0, 0.1) is 0 Å². The summed E-state index contributed by atoms with van der Waals surface area (Å²) in [4.78, 5) is 4.74. The Hall–Kier alpha value is -0.340. The number of hydrogen-bond acceptors (Lipinski definition) is 2. The molecule has 0 heterocycles. The summed E-state index contributed by atoms with van der Waals surface area (Å²) in [5.74, 6) is 0. The normalized spacial score (nSPS) is 10.6. The number of hydrogen-bond donors (Lipinski definition) is 1. The Kier molecular flexibility index (Phi) is 5.39. The van der Waals surface area contributed by atoms with E-state index in [1.54, 1.807) is 7.05 Å². The lowest BCUT2D eigenvalue weighted by molar-refractivity contribution is 0.0810. The Balaban J connectivity index is 2.69. The molecule has 0 saturated heterocycles. The minimum Gasteiger partial charge on any atom is -0.298 e. The lowest BCUT2D eigenvalue weighted by atomic mass is 10.6. The standard InChI is InChI=1S/C5H11NO/c1-3-4-5-7-6-2/h3-4,6H,5H2,1-2H3/b4-3+. The molecule has 2 nitrogen and oxygen atoms in total. The van der Waals surface area contributed by atoms with Crippen molar-refractivity contribution in [3.05, 3.63) is 12.2 Å². The van der Waals surface area contributed by atoms with Gasteiger partial charge in [-0.1, -0.05) is 12.2 Å². The van der Waals surface area contributed by atoms with Crippen LogP contribution in [0.1, 0.15) is 6.92 Å². The van der Waals surface area contributed by atoms with Crippen LogP contribution in [0.15, 0.2) is 12.2 Å². The number of hydroxylamine groups is 1. The predicted molar refractivity (Wildman–Crippen MR) is 29.8 cm³/mol. The molecule has 42 valence electrons. The fourth-order valence-electron chi connectivity index (χ4n) is 0.228. The van der Waals surface area contributed by atoms with Crippen molar-refractivity contribution in [1.82, 2.24) is 5.48 Å². The second-order valence-corrected chi connectivity index (χ2v) is 1.08. The van der Waals surface area contributed by atoms with Gasteiger partial charge in [0.2, 0.25) is 0 Å². The van der Waals surface area contributed by atoms with Crippen molar-refractivity contribution in [1.29, 1.82) is 0 Å². The van der Waals surface area contributed by atoms with Crippen LogP contribution in [0.4, 0.5) is 0 Å². The minimum absolute atomic E-state index is 0.646. The molecule has 0 unspecified atom stereocenters. The van der Waals surface area contributed by atoms with Crippen molar-refractivity contribution < 1.29 is 4.84 Å². The van der Waals surface area contributed by atoms with Crippen LogP contribution in [0.3, 0.4) is 0 Å². The number of allylic oxidation sites excluding steroid dienone is 1. The topological polar surface area (TPSA) is 21.3 Å². The van der Waals surface area contributed by atoms with Gasteiger partial charge in [0.1, 0.15) is 0 Å². The van der Waals surface area contributed by atoms with E-state index < -0.39 is 0 Å². The summed E-state index contributed by atoms with van der Waals surface area (Å²) >= 11 is 0. The fourth-order valence-corrected chi connectivity index (χ4v) is 0.228. The Bertz CT molecular complexity index is 52.0. The summed E-state index contributed by atoms with van der Waals surface area (Å²) in [5, 5.41) is 0. The van der Waals surface area contributed by atoms with E-state index in [0.29, 0.717) is 6.61 Å². The first-order chi connectivity index (χ1) is 3.41. The van der Waals surface area contributed by atoms with Gasteiger partial charge in [0.15, 0.2) is 0 Å². The first-order valence-electron chi connectivity index (χ1n) is 2.31. The third-order valence-electron chi connectivity index (χ3n) is 0.560. The molecule has 0 aliphatic rings. The first kappa shape index (κ1) is 6.66. The van der Waals surface area contributed by atoms with E-state index in [4.69, 9.17) is 4.84 Å². The summed E-state index contributed by atoms with van der Waals surface area (Å²) in [6.07, 6.45) is 3.87. The third-order valence-corrected chi connectivity index (χ3v) is 0.560. The minimum atomic E-state index is 0.646. The van der Waals surface area contributed by atoms with Gasteiger partial charge < -0.3 is 0 Å². The quantitative estimate of drug-likeness (QED) is 0.321. The summed E-state index contributed by atoms with van der Waals surface area (Å²) in [7, 11) is 1.74. The molecule has 0 radical (unpaired) electrons. The molecular formula is C5H11NO. The molecular weight excluding hydrogens is 90.1 g/mol. The van der Waals surface area contributed by atoms with Crippen LogP contribution in [0.2, 0.25) is 0 Å². The van der Waals surface area contributed by atoms with Crippen LogP contribution in [0.5, 0.6) is 0 Å². The molecule has 0 rings (SSSR count). The van der Waals surface area contributed by atoms with E-state index in [9.17, 15) is 0 Å². The van der Waals surface area contributed by atoms with Gasteiger partial charge in [-0.3, -0.25) is 4.84 Å². The molecule has 0 amide bonds. The molecule has 7 heavy (non-hydrogen) atoms. The Morgan fingerprint density at radius 3 is 2.86 bits per heavy atom. The van der Waals surface area contributed by atoms with Gasteiger partial charge in [0, 0.05) is 7.05 Å². The lowest BCUT2D eigenvalue weighted by Crippen LogP contribution is -2.06. The van der Waals surface area contributed by atoms with E-state index in [1.807, 2.05) is 19.1 Å². The molecule has 0 spiro atoms. The number of rotatable bonds is 3. The average molecular weight is 101 g/mol. The third kappa shape index (κ3) is 5.66. The van der Waals surface area contributed by atoms with Crippen LogP contribution >= 0.6 is 0 Å². The Morgan fingerprint density at radius 2 is 2.43 bits per heavy atom. The number of nitrogens with one attached hydrogen (secondary N) is 1. The van der Waals surface area contributed by atoms with Crippen molar-refractivity contribution in [2.24, 2.45) is 0 Å². The van der Waals surface area contributed by atoms with Crippen LogP contribution < -0.4 is 5.48 Å². The van der Waals surface area contributed by atoms with E-state index >= 15 is 0 Å². The fraction of sp³-hybridized carbons (Fsp3) is 0.600. The zero-order valence-corrected chi connectivity index (χ0v) is 4.77. The van der Waals surface area contributed by atoms with Crippen LogP contribution in [-0.2, 0) is 4.84 Å². The van der Waals surface area contributed by atoms with Crippen molar-refractivity contribution >= 4 is 0 Å². The summed E-state index contributed by atoms with van der Waals surface area (Å²) in [6, 6.07) is 0. The highest BCUT2D eigenvalue weighted by Crippen LogP contribution is 1.68. The molecule has 0 aromatic carbocycles. The van der Waals surface area contributed by atoms with Crippen molar-refractivity contribution in [2.75, 3.05) is 13.7 Å². The zero-order chi connectivity index (χ0) is 5.54. The Labute approximate surface area is 44.1 Å². The second kappa shape index (κ2) is 5.66. The van der Waals surface area contributed by atoms with E-state index in [-0.39, 0.29) is 0 Å². The molecule has 0 saturated carbocycles. The summed E-state index contributed by atoms with van der Waals surface area (Å²) in [6.45, 7) is 2.60. The summed E-state index contributed by atoms with van der Waals surface area (Å²) in [5.41, 5.74) is 2.55. The van der Waals surface area contributed by atoms with E-state index in [1.165, 1.54) is 0 Å². The molecule has 1 N–H and O–H groups in total. The van der Waals surface area contributed by atoms with Gasteiger partial charge >= 0.3 is 0 Å².